The maximum atomic E-state index is 5.38. The van der Waals surface area contributed by atoms with Gasteiger partial charge >= 0.3 is 0 Å². The molecule has 0 unspecified atom stereocenters. The van der Waals surface area contributed by atoms with Crippen LogP contribution in [0.4, 0.5) is 5.69 Å². The van der Waals surface area contributed by atoms with E-state index in [-0.39, 0.29) is 0 Å². The Hall–Kier alpha value is -1.90. The number of methoxy groups -OCH3 is 1. The first-order valence-electron chi connectivity index (χ1n) is 5.62. The molecular formula is C14H17NO2. The van der Waals surface area contributed by atoms with Crippen molar-refractivity contribution in [3.63, 3.8) is 0 Å². The summed E-state index contributed by atoms with van der Waals surface area (Å²) in [5, 5.41) is 3.36. The Labute approximate surface area is 101 Å². The Kier molecular flexibility index (Phi) is 3.38. The van der Waals surface area contributed by atoms with Crippen LogP contribution in [0.1, 0.15) is 16.9 Å². The third-order valence-electron chi connectivity index (χ3n) is 2.84. The second kappa shape index (κ2) is 4.95. The van der Waals surface area contributed by atoms with Gasteiger partial charge in [0.1, 0.15) is 11.5 Å². The van der Waals surface area contributed by atoms with Crippen molar-refractivity contribution >= 4 is 5.69 Å². The van der Waals surface area contributed by atoms with Gasteiger partial charge in [0, 0.05) is 5.69 Å². The number of ether oxygens (including phenoxy) is 1. The summed E-state index contributed by atoms with van der Waals surface area (Å²) >= 11 is 0. The van der Waals surface area contributed by atoms with Crippen LogP contribution in [0.5, 0.6) is 5.75 Å². The van der Waals surface area contributed by atoms with Crippen LogP contribution in [0.2, 0.25) is 0 Å². The molecule has 0 saturated carbocycles. The molecule has 0 saturated heterocycles. The fourth-order valence-corrected chi connectivity index (χ4v) is 1.72. The summed E-state index contributed by atoms with van der Waals surface area (Å²) in [5.74, 6) is 1.85. The Morgan fingerprint density at radius 1 is 1.18 bits per heavy atom. The molecule has 1 heterocycles. The molecule has 90 valence electrons. The average Bonchev–Trinajstić information content (AvgIpc) is 2.73. The normalized spacial score (nSPS) is 10.3. The average molecular weight is 231 g/mol. The minimum absolute atomic E-state index is 0.700. The molecule has 0 amide bonds. The number of rotatable bonds is 4. The van der Waals surface area contributed by atoms with Gasteiger partial charge in [-0.1, -0.05) is 0 Å². The van der Waals surface area contributed by atoms with Gasteiger partial charge in [-0.2, -0.15) is 0 Å². The molecule has 3 nitrogen and oxygen atoms in total. The summed E-state index contributed by atoms with van der Waals surface area (Å²) in [4.78, 5) is 0. The van der Waals surface area contributed by atoms with E-state index in [9.17, 15) is 0 Å². The lowest BCUT2D eigenvalue weighted by Gasteiger charge is -2.10. The SMILES string of the molecule is COc1ccc(NCc2occc2C)c(C)c1. The molecule has 1 N–H and O–H groups in total. The molecule has 0 spiro atoms. The topological polar surface area (TPSA) is 34.4 Å². The number of aryl methyl sites for hydroxylation is 2. The third kappa shape index (κ3) is 2.61. The van der Waals surface area contributed by atoms with Gasteiger partial charge in [0.05, 0.1) is 19.9 Å². The zero-order valence-electron chi connectivity index (χ0n) is 10.4. The largest absolute Gasteiger partial charge is 0.497 e. The Bertz CT molecular complexity index is 503. The number of furan rings is 1. The molecule has 0 radical (unpaired) electrons. The standard InChI is InChI=1S/C14H17NO2/c1-10-6-7-17-14(10)9-15-13-5-4-12(16-3)8-11(13)2/h4-8,15H,9H2,1-3H3. The maximum absolute atomic E-state index is 5.38. The smallest absolute Gasteiger partial charge is 0.125 e. The van der Waals surface area contributed by atoms with E-state index >= 15 is 0 Å². The van der Waals surface area contributed by atoms with E-state index in [1.165, 1.54) is 5.56 Å². The summed E-state index contributed by atoms with van der Waals surface area (Å²) in [6.07, 6.45) is 1.72. The molecule has 0 aliphatic rings. The molecule has 3 heteroatoms. The van der Waals surface area contributed by atoms with Gasteiger partial charge < -0.3 is 14.5 Å². The molecule has 2 rings (SSSR count). The van der Waals surface area contributed by atoms with E-state index in [1.807, 2.05) is 31.2 Å². The number of hydrogen-bond acceptors (Lipinski definition) is 3. The van der Waals surface area contributed by atoms with Crippen LogP contribution >= 0.6 is 0 Å². The second-order valence-electron chi connectivity index (χ2n) is 4.06. The van der Waals surface area contributed by atoms with Crippen molar-refractivity contribution in [1.82, 2.24) is 0 Å². The molecule has 2 aromatic rings. The van der Waals surface area contributed by atoms with Gasteiger partial charge in [0.25, 0.3) is 0 Å². The lowest BCUT2D eigenvalue weighted by molar-refractivity contribution is 0.414. The Balaban J connectivity index is 2.07. The molecular weight excluding hydrogens is 214 g/mol. The van der Waals surface area contributed by atoms with E-state index in [2.05, 4.69) is 12.2 Å². The van der Waals surface area contributed by atoms with Crippen LogP contribution in [-0.2, 0) is 6.54 Å². The van der Waals surface area contributed by atoms with Crippen molar-refractivity contribution in [3.05, 3.63) is 47.4 Å². The minimum Gasteiger partial charge on any atom is -0.497 e. The maximum Gasteiger partial charge on any atom is 0.125 e. The summed E-state index contributed by atoms with van der Waals surface area (Å²) in [6.45, 7) is 4.80. The van der Waals surface area contributed by atoms with Crippen LogP contribution in [0.25, 0.3) is 0 Å². The number of hydrogen-bond donors (Lipinski definition) is 1. The number of benzene rings is 1. The van der Waals surface area contributed by atoms with E-state index in [0.717, 1.165) is 22.8 Å². The molecule has 17 heavy (non-hydrogen) atoms. The van der Waals surface area contributed by atoms with Crippen molar-refractivity contribution < 1.29 is 9.15 Å². The lowest BCUT2D eigenvalue weighted by atomic mass is 10.2. The number of anilines is 1. The first-order chi connectivity index (χ1) is 8.20. The van der Waals surface area contributed by atoms with Crippen LogP contribution < -0.4 is 10.1 Å². The van der Waals surface area contributed by atoms with Crippen LogP contribution in [-0.4, -0.2) is 7.11 Å². The second-order valence-corrected chi connectivity index (χ2v) is 4.06. The van der Waals surface area contributed by atoms with Crippen molar-refractivity contribution in [2.45, 2.75) is 20.4 Å². The van der Waals surface area contributed by atoms with Gasteiger partial charge in [0.2, 0.25) is 0 Å². The van der Waals surface area contributed by atoms with Gasteiger partial charge in [-0.05, 0) is 49.2 Å². The molecule has 1 aromatic carbocycles. The van der Waals surface area contributed by atoms with Gasteiger partial charge in [-0.15, -0.1) is 0 Å². The molecule has 1 aromatic heterocycles. The fraction of sp³-hybridized carbons (Fsp3) is 0.286. The monoisotopic (exact) mass is 231 g/mol. The van der Waals surface area contributed by atoms with Crippen molar-refractivity contribution in [1.29, 1.82) is 0 Å². The van der Waals surface area contributed by atoms with Gasteiger partial charge in [0.15, 0.2) is 0 Å². The zero-order valence-corrected chi connectivity index (χ0v) is 10.4. The van der Waals surface area contributed by atoms with Gasteiger partial charge in [-0.25, -0.2) is 0 Å². The van der Waals surface area contributed by atoms with Gasteiger partial charge in [-0.3, -0.25) is 0 Å². The molecule has 0 aliphatic carbocycles. The predicted molar refractivity (Wildman–Crippen MR) is 68.5 cm³/mol. The predicted octanol–water partition coefficient (Wildman–Crippen LogP) is 3.52. The summed E-state index contributed by atoms with van der Waals surface area (Å²) in [5.41, 5.74) is 3.43. The summed E-state index contributed by atoms with van der Waals surface area (Å²) in [7, 11) is 1.67. The van der Waals surface area contributed by atoms with E-state index < -0.39 is 0 Å². The minimum atomic E-state index is 0.700. The Morgan fingerprint density at radius 2 is 2.00 bits per heavy atom. The van der Waals surface area contributed by atoms with E-state index in [4.69, 9.17) is 9.15 Å². The molecule has 0 atom stereocenters. The Morgan fingerprint density at radius 3 is 2.59 bits per heavy atom. The first kappa shape index (κ1) is 11.6. The van der Waals surface area contributed by atoms with E-state index in [0.29, 0.717) is 6.54 Å². The fourth-order valence-electron chi connectivity index (χ4n) is 1.72. The molecule has 0 fully saturated rings. The van der Waals surface area contributed by atoms with Crippen LogP contribution in [0.15, 0.2) is 34.9 Å². The quantitative estimate of drug-likeness (QED) is 0.874. The van der Waals surface area contributed by atoms with Crippen molar-refractivity contribution in [2.75, 3.05) is 12.4 Å². The highest BCUT2D eigenvalue weighted by molar-refractivity contribution is 5.53. The summed E-state index contributed by atoms with van der Waals surface area (Å²) < 4.78 is 10.6. The first-order valence-corrected chi connectivity index (χ1v) is 5.62. The van der Waals surface area contributed by atoms with E-state index in [1.54, 1.807) is 13.4 Å². The third-order valence-corrected chi connectivity index (χ3v) is 2.84. The lowest BCUT2D eigenvalue weighted by Crippen LogP contribution is -2.01. The highest BCUT2D eigenvalue weighted by atomic mass is 16.5. The summed E-state index contributed by atoms with van der Waals surface area (Å²) in [6, 6.07) is 7.95. The van der Waals surface area contributed by atoms with Crippen molar-refractivity contribution in [2.24, 2.45) is 0 Å². The van der Waals surface area contributed by atoms with Crippen LogP contribution in [0, 0.1) is 13.8 Å². The molecule has 0 bridgehead atoms. The van der Waals surface area contributed by atoms with Crippen LogP contribution in [0.3, 0.4) is 0 Å². The zero-order chi connectivity index (χ0) is 12.3. The highest BCUT2D eigenvalue weighted by Crippen LogP contribution is 2.22. The van der Waals surface area contributed by atoms with Crippen molar-refractivity contribution in [3.8, 4) is 5.75 Å². The highest BCUT2D eigenvalue weighted by Gasteiger charge is 2.03. The molecule has 0 aliphatic heterocycles. The number of nitrogens with one attached hydrogen (secondary N) is 1.